The molecular formula is C5H8BrN3. The first-order chi connectivity index (χ1) is 3.79. The van der Waals surface area contributed by atoms with Gasteiger partial charge < -0.3 is 5.73 Å². The SMILES string of the molecule is Br.Cc1ccnc(N)n1. The van der Waals surface area contributed by atoms with Gasteiger partial charge in [0.25, 0.3) is 0 Å². The average Bonchev–Trinajstić information content (AvgIpc) is 1.64. The predicted octanol–water partition coefficient (Wildman–Crippen LogP) is 0.945. The van der Waals surface area contributed by atoms with Crippen LogP contribution in [0, 0.1) is 6.92 Å². The molecular weight excluding hydrogens is 182 g/mol. The van der Waals surface area contributed by atoms with E-state index in [-0.39, 0.29) is 17.0 Å². The lowest BCUT2D eigenvalue weighted by atomic mass is 10.5. The van der Waals surface area contributed by atoms with Gasteiger partial charge in [-0.05, 0) is 13.0 Å². The first-order valence-electron chi connectivity index (χ1n) is 2.34. The smallest absolute Gasteiger partial charge is 0.220 e. The van der Waals surface area contributed by atoms with Gasteiger partial charge in [0.2, 0.25) is 5.95 Å². The Morgan fingerprint density at radius 2 is 2.22 bits per heavy atom. The molecule has 0 aliphatic rings. The molecule has 0 aromatic carbocycles. The summed E-state index contributed by atoms with van der Waals surface area (Å²) >= 11 is 0. The molecule has 50 valence electrons. The Morgan fingerprint density at radius 3 is 2.56 bits per heavy atom. The molecule has 1 aromatic rings. The van der Waals surface area contributed by atoms with Crippen LogP contribution < -0.4 is 5.73 Å². The van der Waals surface area contributed by atoms with Crippen molar-refractivity contribution in [2.45, 2.75) is 6.92 Å². The highest BCUT2D eigenvalue weighted by molar-refractivity contribution is 8.93. The summed E-state index contributed by atoms with van der Waals surface area (Å²) in [6.07, 6.45) is 1.64. The molecule has 0 spiro atoms. The molecule has 0 saturated carbocycles. The van der Waals surface area contributed by atoms with Crippen LogP contribution in [0.15, 0.2) is 12.3 Å². The fourth-order valence-corrected chi connectivity index (χ4v) is 0.468. The van der Waals surface area contributed by atoms with Crippen LogP contribution in [0.1, 0.15) is 5.69 Å². The Bertz CT molecular complexity index is 172. The number of halogens is 1. The van der Waals surface area contributed by atoms with Gasteiger partial charge in [0.15, 0.2) is 0 Å². The van der Waals surface area contributed by atoms with Crippen molar-refractivity contribution in [1.82, 2.24) is 9.97 Å². The average molecular weight is 190 g/mol. The predicted molar refractivity (Wildman–Crippen MR) is 41.5 cm³/mol. The van der Waals surface area contributed by atoms with Crippen LogP contribution in [0.3, 0.4) is 0 Å². The van der Waals surface area contributed by atoms with E-state index < -0.39 is 0 Å². The lowest BCUT2D eigenvalue weighted by Crippen LogP contribution is -1.93. The number of nitrogen functional groups attached to an aromatic ring is 1. The van der Waals surface area contributed by atoms with Gasteiger partial charge in [0.05, 0.1) is 0 Å². The van der Waals surface area contributed by atoms with E-state index in [4.69, 9.17) is 5.73 Å². The van der Waals surface area contributed by atoms with Crippen LogP contribution >= 0.6 is 17.0 Å². The summed E-state index contributed by atoms with van der Waals surface area (Å²) in [5, 5.41) is 0. The van der Waals surface area contributed by atoms with Gasteiger partial charge in [-0.2, -0.15) is 0 Å². The minimum Gasteiger partial charge on any atom is -0.368 e. The van der Waals surface area contributed by atoms with E-state index in [1.54, 1.807) is 12.3 Å². The zero-order valence-corrected chi connectivity index (χ0v) is 6.75. The minimum atomic E-state index is 0. The summed E-state index contributed by atoms with van der Waals surface area (Å²) in [6.45, 7) is 1.87. The van der Waals surface area contributed by atoms with E-state index in [1.807, 2.05) is 6.92 Å². The lowest BCUT2D eigenvalue weighted by molar-refractivity contribution is 1.12. The van der Waals surface area contributed by atoms with Gasteiger partial charge in [0, 0.05) is 11.9 Å². The molecule has 9 heavy (non-hydrogen) atoms. The van der Waals surface area contributed by atoms with Crippen molar-refractivity contribution in [3.8, 4) is 0 Å². The van der Waals surface area contributed by atoms with Gasteiger partial charge in [0.1, 0.15) is 0 Å². The molecule has 0 radical (unpaired) electrons. The first-order valence-corrected chi connectivity index (χ1v) is 2.34. The molecule has 1 rings (SSSR count). The Kier molecular flexibility index (Phi) is 3.16. The number of aromatic nitrogens is 2. The summed E-state index contributed by atoms with van der Waals surface area (Å²) in [5.41, 5.74) is 6.14. The number of rotatable bonds is 0. The summed E-state index contributed by atoms with van der Waals surface area (Å²) in [4.78, 5) is 7.55. The molecule has 0 saturated heterocycles. The topological polar surface area (TPSA) is 51.8 Å². The molecule has 1 heterocycles. The van der Waals surface area contributed by atoms with E-state index >= 15 is 0 Å². The number of aryl methyl sites for hydroxylation is 1. The zero-order valence-electron chi connectivity index (χ0n) is 5.03. The van der Waals surface area contributed by atoms with Crippen molar-refractivity contribution in [1.29, 1.82) is 0 Å². The Labute approximate surface area is 64.1 Å². The monoisotopic (exact) mass is 189 g/mol. The summed E-state index contributed by atoms with van der Waals surface area (Å²) in [6, 6.07) is 1.80. The number of hydrogen-bond acceptors (Lipinski definition) is 3. The van der Waals surface area contributed by atoms with Crippen LogP contribution in [-0.4, -0.2) is 9.97 Å². The zero-order chi connectivity index (χ0) is 5.98. The highest BCUT2D eigenvalue weighted by Gasteiger charge is 1.84. The van der Waals surface area contributed by atoms with E-state index in [1.165, 1.54) is 0 Å². The van der Waals surface area contributed by atoms with Crippen molar-refractivity contribution >= 4 is 22.9 Å². The molecule has 0 amide bonds. The summed E-state index contributed by atoms with van der Waals surface area (Å²) in [5.74, 6) is 0.338. The quantitative estimate of drug-likeness (QED) is 0.662. The van der Waals surface area contributed by atoms with Crippen LogP contribution in [0.25, 0.3) is 0 Å². The van der Waals surface area contributed by atoms with Gasteiger partial charge in [-0.15, -0.1) is 17.0 Å². The maximum absolute atomic E-state index is 5.24. The molecule has 0 aliphatic carbocycles. The van der Waals surface area contributed by atoms with Crippen molar-refractivity contribution in [2.24, 2.45) is 0 Å². The summed E-state index contributed by atoms with van der Waals surface area (Å²) in [7, 11) is 0. The Hall–Kier alpha value is -0.640. The van der Waals surface area contributed by atoms with E-state index in [0.717, 1.165) is 5.69 Å². The molecule has 0 unspecified atom stereocenters. The molecule has 0 fully saturated rings. The van der Waals surface area contributed by atoms with E-state index in [0.29, 0.717) is 5.95 Å². The van der Waals surface area contributed by atoms with Crippen LogP contribution in [0.2, 0.25) is 0 Å². The molecule has 0 atom stereocenters. The van der Waals surface area contributed by atoms with Gasteiger partial charge in [-0.25, -0.2) is 9.97 Å². The third-order valence-electron chi connectivity index (χ3n) is 0.813. The van der Waals surface area contributed by atoms with Crippen molar-refractivity contribution in [2.75, 3.05) is 5.73 Å². The second kappa shape index (κ2) is 3.40. The normalized spacial score (nSPS) is 8.11. The second-order valence-electron chi connectivity index (χ2n) is 1.56. The fourth-order valence-electron chi connectivity index (χ4n) is 0.468. The number of nitrogens with zero attached hydrogens (tertiary/aromatic N) is 2. The first kappa shape index (κ1) is 8.36. The van der Waals surface area contributed by atoms with Crippen LogP contribution in [0.4, 0.5) is 5.95 Å². The van der Waals surface area contributed by atoms with E-state index in [2.05, 4.69) is 9.97 Å². The second-order valence-corrected chi connectivity index (χ2v) is 1.56. The Balaban J connectivity index is 0.000000640. The number of nitrogens with two attached hydrogens (primary N) is 1. The van der Waals surface area contributed by atoms with Gasteiger partial charge >= 0.3 is 0 Å². The molecule has 4 heteroatoms. The number of hydrogen-bond donors (Lipinski definition) is 1. The van der Waals surface area contributed by atoms with Crippen LogP contribution in [0.5, 0.6) is 0 Å². The van der Waals surface area contributed by atoms with Crippen LogP contribution in [-0.2, 0) is 0 Å². The molecule has 3 nitrogen and oxygen atoms in total. The largest absolute Gasteiger partial charge is 0.368 e. The van der Waals surface area contributed by atoms with Crippen molar-refractivity contribution < 1.29 is 0 Å². The highest BCUT2D eigenvalue weighted by Crippen LogP contribution is 1.91. The molecule has 0 aliphatic heterocycles. The fraction of sp³-hybridized carbons (Fsp3) is 0.200. The van der Waals surface area contributed by atoms with E-state index in [9.17, 15) is 0 Å². The minimum absolute atomic E-state index is 0. The van der Waals surface area contributed by atoms with Crippen molar-refractivity contribution in [3.05, 3.63) is 18.0 Å². The summed E-state index contributed by atoms with van der Waals surface area (Å²) < 4.78 is 0. The lowest BCUT2D eigenvalue weighted by Gasteiger charge is -1.89. The standard InChI is InChI=1S/C5H7N3.BrH/c1-4-2-3-7-5(6)8-4;/h2-3H,1H3,(H2,6,7,8);1H. The van der Waals surface area contributed by atoms with Gasteiger partial charge in [-0.1, -0.05) is 0 Å². The third-order valence-corrected chi connectivity index (χ3v) is 0.813. The maximum Gasteiger partial charge on any atom is 0.220 e. The van der Waals surface area contributed by atoms with Crippen molar-refractivity contribution in [3.63, 3.8) is 0 Å². The maximum atomic E-state index is 5.24. The number of anilines is 1. The molecule has 0 bridgehead atoms. The Morgan fingerprint density at radius 1 is 1.56 bits per heavy atom. The molecule has 2 N–H and O–H groups in total. The third kappa shape index (κ3) is 2.41. The highest BCUT2D eigenvalue weighted by atomic mass is 79.9. The van der Waals surface area contributed by atoms with Gasteiger partial charge in [-0.3, -0.25) is 0 Å². The molecule has 1 aromatic heterocycles.